The van der Waals surface area contributed by atoms with Crippen molar-refractivity contribution in [2.24, 2.45) is 0 Å². The largest absolute Gasteiger partial charge is 0.372 e. The summed E-state index contributed by atoms with van der Waals surface area (Å²) in [6, 6.07) is 10.5. The summed E-state index contributed by atoms with van der Waals surface area (Å²) in [5.41, 5.74) is 0.261. The molecule has 0 aliphatic rings. The average Bonchev–Trinajstić information content (AvgIpc) is 2.84. The number of nitro groups is 1. The second-order valence-electron chi connectivity index (χ2n) is 4.39. The number of aryl methyl sites for hydroxylation is 1. The Morgan fingerprint density at radius 1 is 1.40 bits per heavy atom. The SMILES string of the molecule is Cc1ccc(C(C)Nc2cccc(C#N)c2[N+](=O)[O-])s1. The summed E-state index contributed by atoms with van der Waals surface area (Å²) in [6.45, 7) is 3.95. The van der Waals surface area contributed by atoms with E-state index >= 15 is 0 Å². The first-order valence-corrected chi connectivity index (χ1v) is 6.85. The number of benzene rings is 1. The molecule has 0 radical (unpaired) electrons. The van der Waals surface area contributed by atoms with Crippen LogP contribution in [0.1, 0.15) is 28.3 Å². The van der Waals surface area contributed by atoms with Gasteiger partial charge in [-0.25, -0.2) is 0 Å². The average molecular weight is 287 g/mol. The monoisotopic (exact) mass is 287 g/mol. The third-order valence-electron chi connectivity index (χ3n) is 2.90. The van der Waals surface area contributed by atoms with Crippen molar-refractivity contribution in [3.63, 3.8) is 0 Å². The molecule has 0 spiro atoms. The van der Waals surface area contributed by atoms with Gasteiger partial charge >= 0.3 is 5.69 Å². The van der Waals surface area contributed by atoms with Crippen molar-refractivity contribution >= 4 is 22.7 Å². The van der Waals surface area contributed by atoms with Gasteiger partial charge in [-0.1, -0.05) is 6.07 Å². The van der Waals surface area contributed by atoms with Gasteiger partial charge in [-0.15, -0.1) is 11.3 Å². The van der Waals surface area contributed by atoms with Gasteiger partial charge in [-0.3, -0.25) is 10.1 Å². The summed E-state index contributed by atoms with van der Waals surface area (Å²) in [4.78, 5) is 12.9. The molecule has 1 heterocycles. The lowest BCUT2D eigenvalue weighted by Gasteiger charge is -2.14. The van der Waals surface area contributed by atoms with E-state index in [1.54, 1.807) is 23.5 Å². The van der Waals surface area contributed by atoms with Crippen LogP contribution in [0.25, 0.3) is 0 Å². The normalized spacial score (nSPS) is 11.7. The number of anilines is 1. The van der Waals surface area contributed by atoms with E-state index in [0.717, 1.165) is 4.88 Å². The molecule has 1 atom stereocenters. The Balaban J connectivity index is 2.34. The Morgan fingerprint density at radius 3 is 2.70 bits per heavy atom. The highest BCUT2D eigenvalue weighted by molar-refractivity contribution is 7.12. The molecule has 6 heteroatoms. The van der Waals surface area contributed by atoms with Crippen molar-refractivity contribution in [1.29, 1.82) is 5.26 Å². The molecular formula is C14H13N3O2S. The van der Waals surface area contributed by atoms with Crippen LogP contribution in [0.5, 0.6) is 0 Å². The minimum Gasteiger partial charge on any atom is -0.372 e. The predicted molar refractivity (Wildman–Crippen MR) is 78.9 cm³/mol. The Labute approximate surface area is 120 Å². The third kappa shape index (κ3) is 2.78. The predicted octanol–water partition coefficient (Wildman–Crippen LogP) is 4.01. The number of nitrogens with one attached hydrogen (secondary N) is 1. The standard InChI is InChI=1S/C14H13N3O2S/c1-9-6-7-13(20-9)10(2)16-12-5-3-4-11(8-15)14(12)17(18)19/h3-7,10,16H,1-2H3. The summed E-state index contributed by atoms with van der Waals surface area (Å²) in [5.74, 6) is 0. The second kappa shape index (κ2) is 5.72. The van der Waals surface area contributed by atoms with Gasteiger partial charge in [0.25, 0.3) is 0 Å². The van der Waals surface area contributed by atoms with Crippen molar-refractivity contribution in [2.75, 3.05) is 5.32 Å². The molecule has 2 rings (SSSR count). The number of rotatable bonds is 4. The van der Waals surface area contributed by atoms with Crippen LogP contribution in [0.15, 0.2) is 30.3 Å². The zero-order valence-electron chi connectivity index (χ0n) is 11.1. The highest BCUT2D eigenvalue weighted by Gasteiger charge is 2.21. The number of hydrogen-bond donors (Lipinski definition) is 1. The fraction of sp³-hybridized carbons (Fsp3) is 0.214. The first-order chi connectivity index (χ1) is 9.52. The van der Waals surface area contributed by atoms with Crippen LogP contribution in [-0.2, 0) is 0 Å². The minimum absolute atomic E-state index is 0.0543. The first-order valence-electron chi connectivity index (χ1n) is 6.03. The van der Waals surface area contributed by atoms with Gasteiger partial charge < -0.3 is 5.32 Å². The zero-order chi connectivity index (χ0) is 14.7. The molecule has 2 aromatic rings. The molecule has 1 aromatic carbocycles. The highest BCUT2D eigenvalue weighted by Crippen LogP contribution is 2.32. The molecule has 1 unspecified atom stereocenters. The van der Waals surface area contributed by atoms with E-state index in [1.807, 2.05) is 32.0 Å². The van der Waals surface area contributed by atoms with Gasteiger partial charge in [0.15, 0.2) is 0 Å². The number of hydrogen-bond acceptors (Lipinski definition) is 5. The smallest absolute Gasteiger partial charge is 0.309 e. The number of nitriles is 1. The number of para-hydroxylation sites is 1. The Morgan fingerprint density at radius 2 is 2.15 bits per heavy atom. The maximum absolute atomic E-state index is 11.1. The van der Waals surface area contributed by atoms with Crippen LogP contribution in [0.3, 0.4) is 0 Å². The topological polar surface area (TPSA) is 79.0 Å². The number of thiophene rings is 1. The van der Waals surface area contributed by atoms with Crippen molar-refractivity contribution in [2.45, 2.75) is 19.9 Å². The van der Waals surface area contributed by atoms with E-state index in [9.17, 15) is 10.1 Å². The van der Waals surface area contributed by atoms with Crippen molar-refractivity contribution < 1.29 is 4.92 Å². The summed E-state index contributed by atoms with van der Waals surface area (Å²) in [7, 11) is 0. The van der Waals surface area contributed by atoms with Crippen LogP contribution < -0.4 is 5.32 Å². The highest BCUT2D eigenvalue weighted by atomic mass is 32.1. The van der Waals surface area contributed by atoms with Crippen molar-refractivity contribution in [3.8, 4) is 6.07 Å². The molecule has 0 aliphatic heterocycles. The van der Waals surface area contributed by atoms with Gasteiger partial charge in [-0.2, -0.15) is 5.26 Å². The van der Waals surface area contributed by atoms with E-state index in [2.05, 4.69) is 5.32 Å². The minimum atomic E-state index is -0.521. The lowest BCUT2D eigenvalue weighted by molar-refractivity contribution is -0.384. The maximum Gasteiger partial charge on any atom is 0.309 e. The molecule has 1 aromatic heterocycles. The Hall–Kier alpha value is -2.39. The zero-order valence-corrected chi connectivity index (χ0v) is 11.9. The van der Waals surface area contributed by atoms with Crippen LogP contribution >= 0.6 is 11.3 Å². The quantitative estimate of drug-likeness (QED) is 0.680. The summed E-state index contributed by atoms with van der Waals surface area (Å²) in [5, 5.41) is 23.2. The summed E-state index contributed by atoms with van der Waals surface area (Å²) in [6.07, 6.45) is 0. The summed E-state index contributed by atoms with van der Waals surface area (Å²) >= 11 is 1.64. The molecule has 0 saturated carbocycles. The van der Waals surface area contributed by atoms with Gasteiger partial charge in [0.1, 0.15) is 17.3 Å². The van der Waals surface area contributed by atoms with Gasteiger partial charge in [0.2, 0.25) is 0 Å². The maximum atomic E-state index is 11.1. The molecule has 0 aliphatic carbocycles. The fourth-order valence-corrected chi connectivity index (χ4v) is 2.82. The van der Waals surface area contributed by atoms with E-state index < -0.39 is 4.92 Å². The fourth-order valence-electron chi connectivity index (χ4n) is 1.94. The molecular weight excluding hydrogens is 274 g/mol. The van der Waals surface area contributed by atoms with Crippen LogP contribution in [0.4, 0.5) is 11.4 Å². The van der Waals surface area contributed by atoms with Crippen molar-refractivity contribution in [3.05, 3.63) is 55.8 Å². The van der Waals surface area contributed by atoms with E-state index in [0.29, 0.717) is 5.69 Å². The molecule has 0 saturated heterocycles. The molecule has 1 N–H and O–H groups in total. The van der Waals surface area contributed by atoms with Gasteiger partial charge in [0.05, 0.1) is 11.0 Å². The number of nitrogens with zero attached hydrogens (tertiary/aromatic N) is 2. The van der Waals surface area contributed by atoms with Crippen molar-refractivity contribution in [1.82, 2.24) is 0 Å². The molecule has 5 nitrogen and oxygen atoms in total. The summed E-state index contributed by atoms with van der Waals surface area (Å²) < 4.78 is 0. The Bertz CT molecular complexity index is 688. The van der Waals surface area contributed by atoms with Crippen LogP contribution in [0, 0.1) is 28.4 Å². The second-order valence-corrected chi connectivity index (χ2v) is 5.70. The van der Waals surface area contributed by atoms with E-state index in [4.69, 9.17) is 5.26 Å². The van der Waals surface area contributed by atoms with Gasteiger partial charge in [-0.05, 0) is 38.1 Å². The van der Waals surface area contributed by atoms with E-state index in [-0.39, 0.29) is 17.3 Å². The lowest BCUT2D eigenvalue weighted by atomic mass is 10.1. The molecule has 20 heavy (non-hydrogen) atoms. The van der Waals surface area contributed by atoms with Gasteiger partial charge in [0, 0.05) is 9.75 Å². The Kier molecular flexibility index (Phi) is 4.01. The molecule has 0 fully saturated rings. The first kappa shape index (κ1) is 14.0. The van der Waals surface area contributed by atoms with Crippen LogP contribution in [-0.4, -0.2) is 4.92 Å². The molecule has 0 amide bonds. The lowest BCUT2D eigenvalue weighted by Crippen LogP contribution is -2.07. The third-order valence-corrected chi connectivity index (χ3v) is 4.08. The molecule has 102 valence electrons. The molecule has 0 bridgehead atoms. The van der Waals surface area contributed by atoms with Crippen LogP contribution in [0.2, 0.25) is 0 Å². The van der Waals surface area contributed by atoms with E-state index in [1.165, 1.54) is 10.9 Å². The number of nitro benzene ring substituents is 1.